The molecular weight excluding hydrogens is 254 g/mol. The average Bonchev–Trinajstić information content (AvgIpc) is 2.99. The van der Waals surface area contributed by atoms with E-state index in [1.165, 1.54) is 19.3 Å². The van der Waals surface area contributed by atoms with Gasteiger partial charge in [0.1, 0.15) is 0 Å². The van der Waals surface area contributed by atoms with Crippen molar-refractivity contribution in [3.63, 3.8) is 0 Å². The van der Waals surface area contributed by atoms with Crippen molar-refractivity contribution in [2.75, 3.05) is 39.3 Å². The molecule has 2 fully saturated rings. The van der Waals surface area contributed by atoms with E-state index in [0.717, 1.165) is 39.0 Å². The number of aliphatic hydroxyl groups excluding tert-OH is 1. The maximum atomic E-state index is 12.6. The summed E-state index contributed by atoms with van der Waals surface area (Å²) in [6, 6.07) is 0.348. The summed E-state index contributed by atoms with van der Waals surface area (Å²) in [5.74, 6) is 0.233. The molecule has 2 aliphatic heterocycles. The van der Waals surface area contributed by atoms with Crippen molar-refractivity contribution in [3.05, 3.63) is 0 Å². The van der Waals surface area contributed by atoms with Gasteiger partial charge in [-0.3, -0.25) is 9.69 Å². The molecule has 5 nitrogen and oxygen atoms in total. The Morgan fingerprint density at radius 2 is 2.10 bits per heavy atom. The van der Waals surface area contributed by atoms with E-state index in [0.29, 0.717) is 12.6 Å². The van der Waals surface area contributed by atoms with Crippen molar-refractivity contribution in [1.29, 1.82) is 0 Å². The third-order valence-corrected chi connectivity index (χ3v) is 4.58. The SMILES string of the molecule is CC(C(=O)N1CCCCC1)N(CCO)CC1CCCN1. The molecule has 0 saturated carbocycles. The molecule has 1 amide bonds. The molecule has 5 heteroatoms. The zero-order valence-electron chi connectivity index (χ0n) is 12.7. The van der Waals surface area contributed by atoms with Crippen molar-refractivity contribution in [1.82, 2.24) is 15.1 Å². The first-order valence-corrected chi connectivity index (χ1v) is 8.09. The van der Waals surface area contributed by atoms with Crippen LogP contribution in [0.15, 0.2) is 0 Å². The van der Waals surface area contributed by atoms with Crippen LogP contribution in [-0.2, 0) is 4.79 Å². The van der Waals surface area contributed by atoms with Crippen LogP contribution < -0.4 is 5.32 Å². The van der Waals surface area contributed by atoms with Gasteiger partial charge in [-0.15, -0.1) is 0 Å². The van der Waals surface area contributed by atoms with E-state index in [1.54, 1.807) is 0 Å². The van der Waals surface area contributed by atoms with Gasteiger partial charge in [-0.05, 0) is 45.6 Å². The highest BCUT2D eigenvalue weighted by molar-refractivity contribution is 5.81. The normalized spacial score (nSPS) is 25.1. The van der Waals surface area contributed by atoms with Gasteiger partial charge < -0.3 is 15.3 Å². The van der Waals surface area contributed by atoms with Crippen LogP contribution in [0.1, 0.15) is 39.0 Å². The van der Waals surface area contributed by atoms with E-state index >= 15 is 0 Å². The Morgan fingerprint density at radius 1 is 1.35 bits per heavy atom. The second kappa shape index (κ2) is 7.96. The summed E-state index contributed by atoms with van der Waals surface area (Å²) in [6.07, 6.45) is 5.88. The highest BCUT2D eigenvalue weighted by Crippen LogP contribution is 2.14. The number of nitrogens with zero attached hydrogens (tertiary/aromatic N) is 2. The molecule has 2 rings (SSSR count). The van der Waals surface area contributed by atoms with Crippen molar-refractivity contribution < 1.29 is 9.90 Å². The summed E-state index contributed by atoms with van der Waals surface area (Å²) in [6.45, 7) is 6.42. The minimum absolute atomic E-state index is 0.115. The van der Waals surface area contributed by atoms with E-state index in [1.807, 2.05) is 11.8 Å². The molecule has 20 heavy (non-hydrogen) atoms. The Bertz CT molecular complexity index is 299. The molecule has 0 aromatic carbocycles. The Kier molecular flexibility index (Phi) is 6.26. The first-order chi connectivity index (χ1) is 9.72. The van der Waals surface area contributed by atoms with Gasteiger partial charge in [0.05, 0.1) is 12.6 Å². The molecule has 0 aliphatic carbocycles. The van der Waals surface area contributed by atoms with Crippen molar-refractivity contribution in [2.45, 2.75) is 51.1 Å². The minimum Gasteiger partial charge on any atom is -0.395 e. The van der Waals surface area contributed by atoms with Crippen molar-refractivity contribution in [2.24, 2.45) is 0 Å². The molecule has 0 radical (unpaired) electrons. The first kappa shape index (κ1) is 15.7. The van der Waals surface area contributed by atoms with Crippen LogP contribution in [0, 0.1) is 0 Å². The van der Waals surface area contributed by atoms with Crippen LogP contribution in [0.4, 0.5) is 0 Å². The van der Waals surface area contributed by atoms with Crippen LogP contribution >= 0.6 is 0 Å². The van der Waals surface area contributed by atoms with Gasteiger partial charge >= 0.3 is 0 Å². The fraction of sp³-hybridized carbons (Fsp3) is 0.933. The molecule has 0 spiro atoms. The molecule has 0 bridgehead atoms. The molecule has 2 heterocycles. The van der Waals surface area contributed by atoms with Gasteiger partial charge in [-0.2, -0.15) is 0 Å². The highest BCUT2D eigenvalue weighted by Gasteiger charge is 2.28. The fourth-order valence-corrected chi connectivity index (χ4v) is 3.30. The minimum atomic E-state index is -0.123. The molecule has 0 aromatic heterocycles. The zero-order valence-corrected chi connectivity index (χ0v) is 12.7. The number of carbonyl (C=O) groups is 1. The molecule has 2 saturated heterocycles. The Labute approximate surface area is 122 Å². The summed E-state index contributed by atoms with van der Waals surface area (Å²) in [5, 5.41) is 12.7. The van der Waals surface area contributed by atoms with E-state index in [2.05, 4.69) is 10.2 Å². The van der Waals surface area contributed by atoms with Gasteiger partial charge in [0, 0.05) is 32.2 Å². The van der Waals surface area contributed by atoms with Crippen LogP contribution in [0.2, 0.25) is 0 Å². The van der Waals surface area contributed by atoms with E-state index < -0.39 is 0 Å². The van der Waals surface area contributed by atoms with E-state index in [4.69, 9.17) is 0 Å². The van der Waals surface area contributed by atoms with Crippen molar-refractivity contribution >= 4 is 5.91 Å². The molecular formula is C15H29N3O2. The molecule has 2 aliphatic rings. The fourth-order valence-electron chi connectivity index (χ4n) is 3.30. The molecule has 116 valence electrons. The predicted octanol–water partition coefficient (Wildman–Crippen LogP) is 0.434. The third kappa shape index (κ3) is 4.17. The Hall–Kier alpha value is -0.650. The Balaban J connectivity index is 1.90. The maximum absolute atomic E-state index is 12.6. The summed E-state index contributed by atoms with van der Waals surface area (Å²) in [5.41, 5.74) is 0. The van der Waals surface area contributed by atoms with Gasteiger partial charge in [0.2, 0.25) is 5.91 Å². The number of nitrogens with one attached hydrogen (secondary N) is 1. The van der Waals surface area contributed by atoms with Crippen LogP contribution in [0.3, 0.4) is 0 Å². The van der Waals surface area contributed by atoms with E-state index in [-0.39, 0.29) is 18.6 Å². The average molecular weight is 283 g/mol. The summed E-state index contributed by atoms with van der Waals surface area (Å²) in [7, 11) is 0. The number of hydrogen-bond donors (Lipinski definition) is 2. The molecule has 2 N–H and O–H groups in total. The summed E-state index contributed by atoms with van der Waals surface area (Å²) >= 11 is 0. The second-order valence-electron chi connectivity index (χ2n) is 6.07. The van der Waals surface area contributed by atoms with Gasteiger partial charge in [0.15, 0.2) is 0 Å². The maximum Gasteiger partial charge on any atom is 0.239 e. The highest BCUT2D eigenvalue weighted by atomic mass is 16.3. The van der Waals surface area contributed by atoms with Crippen LogP contribution in [-0.4, -0.2) is 72.2 Å². The third-order valence-electron chi connectivity index (χ3n) is 4.58. The predicted molar refractivity (Wildman–Crippen MR) is 79.6 cm³/mol. The molecule has 0 aromatic rings. The standard InChI is InChI=1S/C15H29N3O2/c1-13(15(20)17-8-3-2-4-9-17)18(10-11-19)12-14-6-5-7-16-14/h13-14,16,19H,2-12H2,1H3. The number of aliphatic hydroxyl groups is 1. The smallest absolute Gasteiger partial charge is 0.239 e. The first-order valence-electron chi connectivity index (χ1n) is 8.09. The van der Waals surface area contributed by atoms with Gasteiger partial charge in [0.25, 0.3) is 0 Å². The number of likely N-dealkylation sites (tertiary alicyclic amines) is 1. The summed E-state index contributed by atoms with van der Waals surface area (Å²) < 4.78 is 0. The van der Waals surface area contributed by atoms with E-state index in [9.17, 15) is 9.90 Å². The van der Waals surface area contributed by atoms with Gasteiger partial charge in [-0.25, -0.2) is 0 Å². The topological polar surface area (TPSA) is 55.8 Å². The quantitative estimate of drug-likeness (QED) is 0.742. The lowest BCUT2D eigenvalue weighted by atomic mass is 10.1. The van der Waals surface area contributed by atoms with Crippen LogP contribution in [0.25, 0.3) is 0 Å². The number of amides is 1. The molecule has 2 atom stereocenters. The summed E-state index contributed by atoms with van der Waals surface area (Å²) in [4.78, 5) is 16.7. The van der Waals surface area contributed by atoms with Crippen molar-refractivity contribution in [3.8, 4) is 0 Å². The lowest BCUT2D eigenvalue weighted by Gasteiger charge is -2.35. The number of carbonyl (C=O) groups excluding carboxylic acids is 1. The van der Waals surface area contributed by atoms with Crippen LogP contribution in [0.5, 0.6) is 0 Å². The Morgan fingerprint density at radius 3 is 2.70 bits per heavy atom. The zero-order chi connectivity index (χ0) is 14.4. The largest absolute Gasteiger partial charge is 0.395 e. The number of piperidine rings is 1. The number of hydrogen-bond acceptors (Lipinski definition) is 4. The lowest BCUT2D eigenvalue weighted by Crippen LogP contribution is -2.52. The monoisotopic (exact) mass is 283 g/mol. The number of rotatable bonds is 6. The second-order valence-corrected chi connectivity index (χ2v) is 6.07. The lowest BCUT2D eigenvalue weighted by molar-refractivity contribution is -0.137. The van der Waals surface area contributed by atoms with Gasteiger partial charge in [-0.1, -0.05) is 0 Å². The molecule has 2 unspecified atom stereocenters.